The van der Waals surface area contributed by atoms with Gasteiger partial charge in [-0.25, -0.2) is 4.39 Å². The maximum Gasteiger partial charge on any atom is 0.243 e. The van der Waals surface area contributed by atoms with Gasteiger partial charge >= 0.3 is 0 Å². The second-order valence-electron chi connectivity index (χ2n) is 3.24. The first kappa shape index (κ1) is 11.9. The molecule has 6 heteroatoms. The van der Waals surface area contributed by atoms with Gasteiger partial charge in [0, 0.05) is 18.2 Å². The van der Waals surface area contributed by atoms with Gasteiger partial charge in [-0.1, -0.05) is 0 Å². The van der Waals surface area contributed by atoms with Crippen LogP contribution in [0.4, 0.5) is 4.39 Å². The quantitative estimate of drug-likeness (QED) is 0.946. The van der Waals surface area contributed by atoms with Crippen LogP contribution >= 0.6 is 15.9 Å². The summed E-state index contributed by atoms with van der Waals surface area (Å²) >= 11 is 3.26. The summed E-state index contributed by atoms with van der Waals surface area (Å²) in [4.78, 5) is 0. The monoisotopic (exact) mass is 297 g/mol. The minimum absolute atomic E-state index is 0.276. The molecule has 0 fully saturated rings. The van der Waals surface area contributed by atoms with Crippen LogP contribution in [0.3, 0.4) is 0 Å². The zero-order chi connectivity index (χ0) is 12.3. The minimum atomic E-state index is -0.388. The zero-order valence-electron chi connectivity index (χ0n) is 8.73. The van der Waals surface area contributed by atoms with Gasteiger partial charge < -0.3 is 10.5 Å². The van der Waals surface area contributed by atoms with E-state index in [1.54, 1.807) is 12.1 Å². The molecule has 0 saturated heterocycles. The third kappa shape index (κ3) is 2.78. The zero-order valence-corrected chi connectivity index (χ0v) is 10.3. The first-order valence-corrected chi connectivity index (χ1v) is 5.63. The van der Waals surface area contributed by atoms with Crippen LogP contribution in [0, 0.1) is 5.82 Å². The number of nitrogens with zero attached hydrogens (tertiary/aromatic N) is 2. The van der Waals surface area contributed by atoms with E-state index in [4.69, 9.17) is 10.5 Å². The maximum absolute atomic E-state index is 13.1. The van der Waals surface area contributed by atoms with Gasteiger partial charge in [0.2, 0.25) is 5.88 Å². The lowest BCUT2D eigenvalue weighted by molar-refractivity contribution is 0.441. The summed E-state index contributed by atoms with van der Waals surface area (Å²) < 4.78 is 19.2. The Hall–Kier alpha value is -1.53. The molecule has 0 amide bonds. The van der Waals surface area contributed by atoms with Crippen molar-refractivity contribution in [2.75, 3.05) is 0 Å². The van der Waals surface area contributed by atoms with Gasteiger partial charge in [-0.3, -0.25) is 0 Å². The SMILES string of the molecule is NCc1ccnnc1Oc1cc(F)ccc1Br. The molecule has 0 unspecified atom stereocenters. The third-order valence-corrected chi connectivity index (χ3v) is 2.74. The summed E-state index contributed by atoms with van der Waals surface area (Å²) in [6.45, 7) is 0.276. The van der Waals surface area contributed by atoms with Crippen molar-refractivity contribution in [1.29, 1.82) is 0 Å². The van der Waals surface area contributed by atoms with E-state index in [1.807, 2.05) is 0 Å². The predicted octanol–water partition coefficient (Wildman–Crippen LogP) is 2.63. The number of hydrogen-bond donors (Lipinski definition) is 1. The third-order valence-electron chi connectivity index (χ3n) is 2.09. The topological polar surface area (TPSA) is 61.0 Å². The Kier molecular flexibility index (Phi) is 3.65. The van der Waals surface area contributed by atoms with Crippen molar-refractivity contribution >= 4 is 15.9 Å². The van der Waals surface area contributed by atoms with Crippen LogP contribution in [0.2, 0.25) is 0 Å². The highest BCUT2D eigenvalue weighted by atomic mass is 79.9. The smallest absolute Gasteiger partial charge is 0.243 e. The minimum Gasteiger partial charge on any atom is -0.436 e. The number of rotatable bonds is 3. The Morgan fingerprint density at radius 1 is 1.35 bits per heavy atom. The maximum atomic E-state index is 13.1. The Balaban J connectivity index is 2.34. The van der Waals surface area contributed by atoms with Gasteiger partial charge in [-0.05, 0) is 34.1 Å². The molecule has 0 saturated carbocycles. The predicted molar refractivity (Wildman–Crippen MR) is 64.1 cm³/mol. The molecule has 0 radical (unpaired) electrons. The van der Waals surface area contributed by atoms with Crippen LogP contribution < -0.4 is 10.5 Å². The number of aromatic nitrogens is 2. The molecule has 0 aliphatic carbocycles. The van der Waals surface area contributed by atoms with Crippen LogP contribution in [-0.4, -0.2) is 10.2 Å². The molecule has 0 spiro atoms. The van der Waals surface area contributed by atoms with Gasteiger partial charge in [0.15, 0.2) is 0 Å². The van der Waals surface area contributed by atoms with Crippen LogP contribution in [0.1, 0.15) is 5.56 Å². The summed E-state index contributed by atoms with van der Waals surface area (Å²) in [6.07, 6.45) is 1.52. The Morgan fingerprint density at radius 2 is 2.18 bits per heavy atom. The van der Waals surface area contributed by atoms with Crippen molar-refractivity contribution in [2.24, 2.45) is 5.73 Å². The lowest BCUT2D eigenvalue weighted by atomic mass is 10.3. The molecule has 88 valence electrons. The molecule has 0 aliphatic heterocycles. The first-order valence-electron chi connectivity index (χ1n) is 4.84. The molecule has 0 aliphatic rings. The van der Waals surface area contributed by atoms with E-state index in [2.05, 4.69) is 26.1 Å². The summed E-state index contributed by atoms with van der Waals surface area (Å²) in [6, 6.07) is 5.86. The van der Waals surface area contributed by atoms with Crippen molar-refractivity contribution < 1.29 is 9.13 Å². The summed E-state index contributed by atoms with van der Waals surface area (Å²) in [7, 11) is 0. The molecule has 1 aromatic carbocycles. The highest BCUT2D eigenvalue weighted by molar-refractivity contribution is 9.10. The van der Waals surface area contributed by atoms with E-state index in [0.29, 0.717) is 15.8 Å². The fraction of sp³-hybridized carbons (Fsp3) is 0.0909. The Labute approximate surface area is 106 Å². The average molecular weight is 298 g/mol. The van der Waals surface area contributed by atoms with Crippen molar-refractivity contribution in [3.63, 3.8) is 0 Å². The number of nitrogens with two attached hydrogens (primary N) is 1. The van der Waals surface area contributed by atoms with Gasteiger partial charge in [0.05, 0.1) is 10.7 Å². The van der Waals surface area contributed by atoms with Crippen molar-refractivity contribution in [1.82, 2.24) is 10.2 Å². The fourth-order valence-corrected chi connectivity index (χ4v) is 1.57. The standard InChI is InChI=1S/C11H9BrFN3O/c12-9-2-1-8(13)5-10(9)17-11-7(6-14)3-4-15-16-11/h1-5H,6,14H2. The summed E-state index contributed by atoms with van der Waals surface area (Å²) in [5.74, 6) is 0.225. The molecule has 1 heterocycles. The molecule has 2 N–H and O–H groups in total. The summed E-state index contributed by atoms with van der Waals surface area (Å²) in [5.41, 5.74) is 6.24. The van der Waals surface area contributed by atoms with E-state index in [0.717, 1.165) is 0 Å². The highest BCUT2D eigenvalue weighted by Crippen LogP contribution is 2.30. The van der Waals surface area contributed by atoms with Crippen LogP contribution in [-0.2, 0) is 6.54 Å². The second kappa shape index (κ2) is 5.20. The number of benzene rings is 1. The van der Waals surface area contributed by atoms with Crippen molar-refractivity contribution in [2.45, 2.75) is 6.54 Å². The van der Waals surface area contributed by atoms with E-state index < -0.39 is 0 Å². The van der Waals surface area contributed by atoms with Crippen molar-refractivity contribution in [3.05, 3.63) is 46.3 Å². The Morgan fingerprint density at radius 3 is 2.94 bits per heavy atom. The first-order chi connectivity index (χ1) is 8.20. The lowest BCUT2D eigenvalue weighted by Gasteiger charge is -2.09. The highest BCUT2D eigenvalue weighted by Gasteiger charge is 2.09. The Bertz CT molecular complexity index is 536. The molecule has 0 bridgehead atoms. The van der Waals surface area contributed by atoms with Gasteiger partial charge in [0.1, 0.15) is 11.6 Å². The van der Waals surface area contributed by atoms with Gasteiger partial charge in [-0.15, -0.1) is 5.10 Å². The van der Waals surface area contributed by atoms with Crippen molar-refractivity contribution in [3.8, 4) is 11.6 Å². The van der Waals surface area contributed by atoms with E-state index >= 15 is 0 Å². The normalized spacial score (nSPS) is 10.3. The van der Waals surface area contributed by atoms with Crippen LogP contribution in [0.25, 0.3) is 0 Å². The molecular weight excluding hydrogens is 289 g/mol. The van der Waals surface area contributed by atoms with Crippen LogP contribution in [0.15, 0.2) is 34.9 Å². The van der Waals surface area contributed by atoms with E-state index in [-0.39, 0.29) is 18.2 Å². The molecule has 0 atom stereocenters. The van der Waals surface area contributed by atoms with E-state index in [1.165, 1.54) is 18.3 Å². The molecule has 4 nitrogen and oxygen atoms in total. The number of ether oxygens (including phenoxy) is 1. The molecule has 17 heavy (non-hydrogen) atoms. The van der Waals surface area contributed by atoms with Gasteiger partial charge in [-0.2, -0.15) is 5.10 Å². The molecule has 2 aromatic rings. The van der Waals surface area contributed by atoms with E-state index in [9.17, 15) is 4.39 Å². The lowest BCUT2D eigenvalue weighted by Crippen LogP contribution is -2.02. The fourth-order valence-electron chi connectivity index (χ4n) is 1.25. The summed E-state index contributed by atoms with van der Waals surface area (Å²) in [5, 5.41) is 7.52. The largest absolute Gasteiger partial charge is 0.436 e. The van der Waals surface area contributed by atoms with Crippen LogP contribution in [0.5, 0.6) is 11.6 Å². The van der Waals surface area contributed by atoms with Gasteiger partial charge in [0.25, 0.3) is 0 Å². The average Bonchev–Trinajstić information content (AvgIpc) is 2.34. The second-order valence-corrected chi connectivity index (χ2v) is 4.10. The number of halogens is 2. The molecule has 2 rings (SSSR count). The number of hydrogen-bond acceptors (Lipinski definition) is 4. The molecule has 1 aromatic heterocycles. The molecular formula is C11H9BrFN3O.